The number of halogens is 2. The van der Waals surface area contributed by atoms with Gasteiger partial charge in [0.15, 0.2) is 11.6 Å². The van der Waals surface area contributed by atoms with Crippen LogP contribution in [0, 0.1) is 11.6 Å². The standard InChI is InChI=1S/C38H44FN5O8.C30H38FN5O6/c1-38(2,3)52-36(48)41-23-30-24-44(37(49)51-30)29-13-14-32(31(39)21-29)42-17-19-43(20-18-42)34(46)16-15-33(45)28-11-9-26(10-12-28)22-40-35(47)50-25-27-7-5-4-6-8-27;1-30(2,3)42-28(39)33-18-23-19-36(29(40)41-23)22-8-9-25(24(31)16-22)34-12-14-35(15-13-34)27(38)11-10-26(37)21-6-4-20(17-32)5-7-21/h4-14,21,30H,15-20,22-25H2,1-3H3,(H,40,47)(H,41,48);4-9,16,23H,10-15,17-19,32H2,1-3H3,(H,33,39)/t30-;23-/m00/s1. The van der Waals surface area contributed by atoms with Gasteiger partial charge in [0.05, 0.1) is 48.9 Å². The van der Waals surface area contributed by atoms with Crippen LogP contribution in [0.15, 0.2) is 115 Å². The maximum absolute atomic E-state index is 15.3. The van der Waals surface area contributed by atoms with Crippen molar-refractivity contribution >= 4 is 76.6 Å². The third-order valence-electron chi connectivity index (χ3n) is 15.5. The van der Waals surface area contributed by atoms with Gasteiger partial charge < -0.3 is 65.0 Å². The van der Waals surface area contributed by atoms with Gasteiger partial charge in [0.25, 0.3) is 0 Å². The predicted molar refractivity (Wildman–Crippen MR) is 345 cm³/mol. The molecule has 2 atom stereocenters. The van der Waals surface area contributed by atoms with Crippen LogP contribution in [0.3, 0.4) is 0 Å². The van der Waals surface area contributed by atoms with Crippen molar-refractivity contribution in [3.63, 3.8) is 0 Å². The van der Waals surface area contributed by atoms with Gasteiger partial charge in [0, 0.05) is 102 Å². The Morgan fingerprint density at radius 1 is 0.511 bits per heavy atom. The molecule has 9 rings (SSSR count). The van der Waals surface area contributed by atoms with E-state index in [4.69, 9.17) is 29.4 Å². The SMILES string of the molecule is CC(C)(C)OC(=O)NC[C@H]1CN(c2ccc(N3CCN(C(=O)CCC(=O)c4ccc(CN)cc4)CC3)c(F)c2)C(=O)O1.CC(C)(C)OC(=O)NC[C@H]1CN(c2ccc(N3CCN(C(=O)CCC(=O)c4ccc(CNC(=O)OCc5ccccc5)cc4)CC3)c(F)c2)C(=O)O1. The van der Waals surface area contributed by atoms with Crippen LogP contribution in [-0.4, -0.2) is 166 Å². The van der Waals surface area contributed by atoms with Gasteiger partial charge in [-0.3, -0.25) is 29.0 Å². The molecule has 4 aliphatic rings. The second kappa shape index (κ2) is 32.1. The molecule has 0 saturated carbocycles. The number of alkyl carbamates (subject to hydrolysis) is 3. The molecule has 5 aromatic carbocycles. The van der Waals surface area contributed by atoms with Crippen molar-refractivity contribution in [1.29, 1.82) is 0 Å². The molecule has 4 aliphatic heterocycles. The summed E-state index contributed by atoms with van der Waals surface area (Å²) in [5.41, 5.74) is 9.32. The first kappa shape index (κ1) is 70.0. The van der Waals surface area contributed by atoms with Gasteiger partial charge in [-0.05, 0) is 94.6 Å². The minimum absolute atomic E-state index is 0.0510. The molecule has 4 fully saturated rings. The first-order valence-corrected chi connectivity index (χ1v) is 31.2. The summed E-state index contributed by atoms with van der Waals surface area (Å²) >= 11 is 0. The second-order valence-electron chi connectivity index (χ2n) is 24.9. The number of benzene rings is 5. The lowest BCUT2D eigenvalue weighted by Crippen LogP contribution is -2.49. The van der Waals surface area contributed by atoms with E-state index in [1.807, 2.05) is 40.1 Å². The average Bonchev–Trinajstić information content (AvgIpc) is 1.49. The molecule has 502 valence electrons. The fraction of sp³-hybridized carbons (Fsp3) is 0.426. The van der Waals surface area contributed by atoms with E-state index in [2.05, 4.69) is 16.0 Å². The third kappa shape index (κ3) is 20.6. The van der Waals surface area contributed by atoms with Gasteiger partial charge >= 0.3 is 30.5 Å². The molecule has 4 heterocycles. The van der Waals surface area contributed by atoms with E-state index in [0.29, 0.717) is 92.8 Å². The lowest BCUT2D eigenvalue weighted by molar-refractivity contribution is -0.132. The molecule has 5 aromatic rings. The Kier molecular flexibility index (Phi) is 23.9. The number of nitrogens with one attached hydrogen (secondary N) is 3. The molecular formula is C68H82F2N10O14. The van der Waals surface area contributed by atoms with Gasteiger partial charge in [-0.15, -0.1) is 0 Å². The van der Waals surface area contributed by atoms with Crippen molar-refractivity contribution < 1.29 is 75.6 Å². The van der Waals surface area contributed by atoms with Crippen LogP contribution in [0.5, 0.6) is 0 Å². The molecule has 0 radical (unpaired) electrons. The molecule has 0 unspecified atom stereocenters. The van der Waals surface area contributed by atoms with E-state index in [9.17, 15) is 43.2 Å². The van der Waals surface area contributed by atoms with Crippen molar-refractivity contribution in [1.82, 2.24) is 25.8 Å². The topological polar surface area (TPSA) is 281 Å². The smallest absolute Gasteiger partial charge is 0.414 e. The minimum atomic E-state index is -0.663. The number of hydrogen-bond acceptors (Lipinski definition) is 17. The highest BCUT2D eigenvalue weighted by Crippen LogP contribution is 2.31. The summed E-state index contributed by atoms with van der Waals surface area (Å²) in [4.78, 5) is 121. The molecule has 0 spiro atoms. The van der Waals surface area contributed by atoms with Crippen LogP contribution in [-0.2, 0) is 53.0 Å². The fourth-order valence-electron chi connectivity index (χ4n) is 10.6. The summed E-state index contributed by atoms with van der Waals surface area (Å²) < 4.78 is 56.7. The summed E-state index contributed by atoms with van der Waals surface area (Å²) in [6, 6.07) is 32.3. The molecule has 26 heteroatoms. The van der Waals surface area contributed by atoms with Crippen molar-refractivity contribution in [2.75, 3.05) is 98.1 Å². The number of Topliss-reactive ketones (excluding diaryl/α,β-unsaturated/α-hetero) is 2. The van der Waals surface area contributed by atoms with Gasteiger partial charge in [-0.25, -0.2) is 32.8 Å². The largest absolute Gasteiger partial charge is 0.445 e. The van der Waals surface area contributed by atoms with Crippen LogP contribution in [0.4, 0.5) is 55.5 Å². The quantitative estimate of drug-likeness (QED) is 0.0394. The molecule has 0 aliphatic carbocycles. The Balaban J connectivity index is 0.000000247. The zero-order valence-electron chi connectivity index (χ0n) is 53.8. The lowest BCUT2D eigenvalue weighted by atomic mass is 10.0. The van der Waals surface area contributed by atoms with E-state index in [0.717, 1.165) is 16.7 Å². The van der Waals surface area contributed by atoms with Gasteiger partial charge in [-0.2, -0.15) is 0 Å². The predicted octanol–water partition coefficient (Wildman–Crippen LogP) is 8.86. The first-order chi connectivity index (χ1) is 44.8. The highest BCUT2D eigenvalue weighted by molar-refractivity contribution is 5.99. The molecular weight excluding hydrogens is 1220 g/mol. The van der Waals surface area contributed by atoms with E-state index >= 15 is 8.78 Å². The summed E-state index contributed by atoms with van der Waals surface area (Å²) in [5.74, 6) is -1.54. The van der Waals surface area contributed by atoms with Gasteiger partial charge in [-0.1, -0.05) is 78.9 Å². The number of ether oxygens (including phenoxy) is 5. The fourth-order valence-corrected chi connectivity index (χ4v) is 10.6. The van der Waals surface area contributed by atoms with E-state index < -0.39 is 65.5 Å². The van der Waals surface area contributed by atoms with Gasteiger partial charge in [0.1, 0.15) is 41.7 Å². The highest BCUT2D eigenvalue weighted by Gasteiger charge is 2.36. The Labute approximate surface area is 544 Å². The summed E-state index contributed by atoms with van der Waals surface area (Å²) in [7, 11) is 0. The molecule has 0 bridgehead atoms. The Morgan fingerprint density at radius 3 is 1.32 bits per heavy atom. The number of amides is 7. The summed E-state index contributed by atoms with van der Waals surface area (Å²) in [6.07, 6.45) is -3.94. The van der Waals surface area contributed by atoms with Crippen molar-refractivity contribution in [3.05, 3.63) is 155 Å². The van der Waals surface area contributed by atoms with Crippen LogP contribution in [0.25, 0.3) is 0 Å². The number of ketones is 2. The molecule has 24 nitrogen and oxygen atoms in total. The van der Waals surface area contributed by atoms with Gasteiger partial charge in [0.2, 0.25) is 11.8 Å². The molecule has 4 saturated heterocycles. The Bertz CT molecular complexity index is 3500. The molecule has 94 heavy (non-hydrogen) atoms. The number of nitrogens with two attached hydrogens (primary N) is 1. The second-order valence-corrected chi connectivity index (χ2v) is 24.9. The molecule has 7 amide bonds. The monoisotopic (exact) mass is 1300 g/mol. The van der Waals surface area contributed by atoms with Crippen LogP contribution in [0.2, 0.25) is 0 Å². The van der Waals surface area contributed by atoms with Crippen molar-refractivity contribution in [2.24, 2.45) is 5.73 Å². The number of cyclic esters (lactones) is 2. The number of carbonyl (C=O) groups excluding carboxylic acids is 9. The third-order valence-corrected chi connectivity index (χ3v) is 15.5. The number of piperazine rings is 2. The molecule has 0 aromatic heterocycles. The van der Waals surface area contributed by atoms with Crippen LogP contribution >= 0.6 is 0 Å². The maximum Gasteiger partial charge on any atom is 0.414 e. The Morgan fingerprint density at radius 2 is 0.926 bits per heavy atom. The van der Waals surface area contributed by atoms with E-state index in [1.54, 1.807) is 124 Å². The summed E-state index contributed by atoms with van der Waals surface area (Å²) in [5, 5.41) is 7.85. The Hall–Kier alpha value is -9.85. The lowest BCUT2D eigenvalue weighted by Gasteiger charge is -2.36. The number of hydrogen-bond donors (Lipinski definition) is 4. The normalized spacial score (nSPS) is 16.5. The number of rotatable bonds is 21. The van der Waals surface area contributed by atoms with Crippen LogP contribution in [0.1, 0.15) is 105 Å². The highest BCUT2D eigenvalue weighted by atomic mass is 19.1. The summed E-state index contributed by atoms with van der Waals surface area (Å²) in [6.45, 7) is 14.9. The number of anilines is 4. The zero-order valence-corrected chi connectivity index (χ0v) is 53.8. The molecule has 5 N–H and O–H groups in total. The first-order valence-electron chi connectivity index (χ1n) is 31.2. The maximum atomic E-state index is 15.3. The average molecular weight is 1300 g/mol. The van der Waals surface area contributed by atoms with Crippen LogP contribution < -0.4 is 41.3 Å². The number of nitrogens with zero attached hydrogens (tertiary/aromatic N) is 6. The van der Waals surface area contributed by atoms with E-state index in [-0.39, 0.29) is 88.4 Å². The zero-order chi connectivity index (χ0) is 67.7. The van der Waals surface area contributed by atoms with Crippen molar-refractivity contribution in [3.8, 4) is 0 Å². The minimum Gasteiger partial charge on any atom is -0.445 e. The van der Waals surface area contributed by atoms with E-state index in [1.165, 1.54) is 21.9 Å². The number of carbonyl (C=O) groups is 9. The van der Waals surface area contributed by atoms with Crippen molar-refractivity contribution in [2.45, 2.75) is 110 Å².